The van der Waals surface area contributed by atoms with E-state index in [4.69, 9.17) is 4.74 Å². The summed E-state index contributed by atoms with van der Waals surface area (Å²) in [7, 11) is 0. The molecule has 0 saturated carbocycles. The molecule has 0 aromatic carbocycles. The lowest BCUT2D eigenvalue weighted by Crippen LogP contribution is -2.39. The molecule has 0 aliphatic carbocycles. The molecular weight excluding hydrogens is 142 g/mol. The Balaban J connectivity index is 2.13. The Labute approximate surface area is 66.3 Å². The Morgan fingerprint density at radius 1 is 1.55 bits per heavy atom. The monoisotopic (exact) mass is 155 g/mol. The van der Waals surface area contributed by atoms with Crippen molar-refractivity contribution in [2.24, 2.45) is 0 Å². The smallest absolute Gasteiger partial charge is 0.410 e. The molecule has 0 N–H and O–H groups in total. The molecule has 0 aromatic rings. The van der Waals surface area contributed by atoms with E-state index in [1.54, 1.807) is 0 Å². The Morgan fingerprint density at radius 2 is 2.36 bits per heavy atom. The summed E-state index contributed by atoms with van der Waals surface area (Å²) in [5.74, 6) is 0. The number of amides is 1. The highest BCUT2D eigenvalue weighted by atomic mass is 16.6. The van der Waals surface area contributed by atoms with Crippen molar-refractivity contribution in [2.45, 2.75) is 38.3 Å². The number of fused-ring (bicyclic) bond motifs is 1. The van der Waals surface area contributed by atoms with Crippen molar-refractivity contribution >= 4 is 6.09 Å². The Kier molecular flexibility index (Phi) is 1.51. The predicted molar refractivity (Wildman–Crippen MR) is 40.3 cm³/mol. The summed E-state index contributed by atoms with van der Waals surface area (Å²) in [6.45, 7) is 2.88. The number of nitrogens with zero attached hydrogens (tertiary/aromatic N) is 1. The van der Waals surface area contributed by atoms with Crippen LogP contribution in [0.15, 0.2) is 0 Å². The third-order valence-electron chi connectivity index (χ3n) is 2.61. The van der Waals surface area contributed by atoms with Crippen LogP contribution < -0.4 is 0 Å². The number of ether oxygens (including phenoxy) is 1. The van der Waals surface area contributed by atoms with Gasteiger partial charge in [0.1, 0.15) is 6.10 Å². The van der Waals surface area contributed by atoms with Crippen LogP contribution in [0.1, 0.15) is 26.2 Å². The minimum atomic E-state index is -0.109. The van der Waals surface area contributed by atoms with Gasteiger partial charge in [-0.2, -0.15) is 0 Å². The van der Waals surface area contributed by atoms with Crippen LogP contribution in [0.3, 0.4) is 0 Å². The van der Waals surface area contributed by atoms with E-state index in [-0.39, 0.29) is 12.2 Å². The number of hydrogen-bond acceptors (Lipinski definition) is 2. The molecule has 3 nitrogen and oxygen atoms in total. The van der Waals surface area contributed by atoms with E-state index in [0.717, 1.165) is 19.4 Å². The second-order valence-corrected chi connectivity index (χ2v) is 3.35. The number of piperidine rings is 1. The molecule has 2 saturated heterocycles. The van der Waals surface area contributed by atoms with Gasteiger partial charge in [-0.15, -0.1) is 0 Å². The quantitative estimate of drug-likeness (QED) is 0.529. The Hall–Kier alpha value is -0.730. The van der Waals surface area contributed by atoms with Crippen LogP contribution in [0.2, 0.25) is 0 Å². The van der Waals surface area contributed by atoms with Gasteiger partial charge in [0, 0.05) is 6.54 Å². The van der Waals surface area contributed by atoms with Gasteiger partial charge in [0.25, 0.3) is 0 Å². The van der Waals surface area contributed by atoms with Gasteiger partial charge in [0.15, 0.2) is 0 Å². The molecule has 2 unspecified atom stereocenters. The van der Waals surface area contributed by atoms with E-state index < -0.39 is 0 Å². The highest BCUT2D eigenvalue weighted by molar-refractivity contribution is 5.70. The van der Waals surface area contributed by atoms with E-state index in [0.29, 0.717) is 6.04 Å². The van der Waals surface area contributed by atoms with Crippen LogP contribution in [0.25, 0.3) is 0 Å². The maximum atomic E-state index is 11.1. The van der Waals surface area contributed by atoms with Gasteiger partial charge in [-0.05, 0) is 26.2 Å². The molecule has 1 amide bonds. The van der Waals surface area contributed by atoms with E-state index in [2.05, 4.69) is 0 Å². The molecule has 0 bridgehead atoms. The molecule has 0 radical (unpaired) electrons. The highest BCUT2D eigenvalue weighted by Gasteiger charge is 2.39. The van der Waals surface area contributed by atoms with Crippen LogP contribution in [0.5, 0.6) is 0 Å². The zero-order valence-electron chi connectivity index (χ0n) is 6.75. The van der Waals surface area contributed by atoms with Crippen molar-refractivity contribution in [2.75, 3.05) is 6.54 Å². The van der Waals surface area contributed by atoms with Crippen molar-refractivity contribution in [1.29, 1.82) is 0 Å². The SMILES string of the molecule is CC1OC(=O)N2CCCCC12. The Bertz CT molecular complexity index is 181. The summed E-state index contributed by atoms with van der Waals surface area (Å²) in [5, 5.41) is 0. The van der Waals surface area contributed by atoms with Crippen molar-refractivity contribution in [3.63, 3.8) is 0 Å². The lowest BCUT2D eigenvalue weighted by molar-refractivity contribution is 0.137. The summed E-state index contributed by atoms with van der Waals surface area (Å²) in [6, 6.07) is 0.372. The second kappa shape index (κ2) is 2.40. The van der Waals surface area contributed by atoms with Gasteiger partial charge in [0.05, 0.1) is 6.04 Å². The van der Waals surface area contributed by atoms with E-state index in [9.17, 15) is 4.79 Å². The minimum Gasteiger partial charge on any atom is -0.444 e. The number of carbonyl (C=O) groups is 1. The minimum absolute atomic E-state index is 0.109. The molecule has 3 heteroatoms. The first kappa shape index (κ1) is 6.95. The molecule has 2 aliphatic rings. The molecule has 2 heterocycles. The number of rotatable bonds is 0. The van der Waals surface area contributed by atoms with Gasteiger partial charge in [-0.3, -0.25) is 0 Å². The van der Waals surface area contributed by atoms with Gasteiger partial charge < -0.3 is 9.64 Å². The van der Waals surface area contributed by atoms with Crippen LogP contribution >= 0.6 is 0 Å². The van der Waals surface area contributed by atoms with Gasteiger partial charge in [-0.1, -0.05) is 0 Å². The van der Waals surface area contributed by atoms with E-state index in [1.165, 1.54) is 6.42 Å². The number of hydrogen-bond donors (Lipinski definition) is 0. The average Bonchev–Trinajstić information content (AvgIpc) is 2.30. The summed E-state index contributed by atoms with van der Waals surface area (Å²) in [5.41, 5.74) is 0. The summed E-state index contributed by atoms with van der Waals surface area (Å²) < 4.78 is 5.10. The zero-order chi connectivity index (χ0) is 7.84. The normalized spacial score (nSPS) is 36.8. The molecule has 0 aromatic heterocycles. The molecule has 11 heavy (non-hydrogen) atoms. The molecule has 2 rings (SSSR count). The van der Waals surface area contributed by atoms with Crippen LogP contribution in [-0.4, -0.2) is 29.7 Å². The maximum absolute atomic E-state index is 11.1. The second-order valence-electron chi connectivity index (χ2n) is 3.35. The fourth-order valence-electron chi connectivity index (χ4n) is 1.98. The van der Waals surface area contributed by atoms with Gasteiger partial charge in [-0.25, -0.2) is 4.79 Å². The van der Waals surface area contributed by atoms with Crippen molar-refractivity contribution in [1.82, 2.24) is 4.90 Å². The third-order valence-corrected chi connectivity index (χ3v) is 2.61. The molecule has 2 aliphatic heterocycles. The van der Waals surface area contributed by atoms with Crippen molar-refractivity contribution in [3.8, 4) is 0 Å². The van der Waals surface area contributed by atoms with Crippen molar-refractivity contribution in [3.05, 3.63) is 0 Å². The topological polar surface area (TPSA) is 29.5 Å². The third kappa shape index (κ3) is 0.988. The van der Waals surface area contributed by atoms with Crippen LogP contribution in [0.4, 0.5) is 4.79 Å². The van der Waals surface area contributed by atoms with Gasteiger partial charge in [0.2, 0.25) is 0 Å². The van der Waals surface area contributed by atoms with Crippen molar-refractivity contribution < 1.29 is 9.53 Å². The zero-order valence-corrected chi connectivity index (χ0v) is 6.75. The first-order chi connectivity index (χ1) is 5.29. The molecule has 2 atom stereocenters. The average molecular weight is 155 g/mol. The highest BCUT2D eigenvalue weighted by Crippen LogP contribution is 2.27. The fourth-order valence-corrected chi connectivity index (χ4v) is 1.98. The first-order valence-electron chi connectivity index (χ1n) is 4.26. The van der Waals surface area contributed by atoms with Crippen LogP contribution in [0, 0.1) is 0 Å². The first-order valence-corrected chi connectivity index (χ1v) is 4.26. The van der Waals surface area contributed by atoms with Crippen LogP contribution in [-0.2, 0) is 4.74 Å². The number of cyclic esters (lactones) is 1. The molecular formula is C8H13NO2. The largest absolute Gasteiger partial charge is 0.444 e. The number of carbonyl (C=O) groups excluding carboxylic acids is 1. The maximum Gasteiger partial charge on any atom is 0.410 e. The summed E-state index contributed by atoms with van der Waals surface area (Å²) in [6.07, 6.45) is 3.50. The predicted octanol–water partition coefficient (Wildman–Crippen LogP) is 1.38. The van der Waals surface area contributed by atoms with E-state index in [1.807, 2.05) is 11.8 Å². The standard InChI is InChI=1S/C8H13NO2/c1-6-7-4-2-3-5-9(7)8(10)11-6/h6-7H,2-5H2,1H3. The summed E-state index contributed by atoms with van der Waals surface area (Å²) in [4.78, 5) is 13.0. The lowest BCUT2D eigenvalue weighted by atomic mass is 10.0. The fraction of sp³-hybridized carbons (Fsp3) is 0.875. The molecule has 0 spiro atoms. The Morgan fingerprint density at radius 3 is 3.09 bits per heavy atom. The lowest BCUT2D eigenvalue weighted by Gasteiger charge is -2.27. The van der Waals surface area contributed by atoms with Gasteiger partial charge >= 0.3 is 6.09 Å². The molecule has 2 fully saturated rings. The van der Waals surface area contributed by atoms with E-state index >= 15 is 0 Å². The molecule has 62 valence electrons. The summed E-state index contributed by atoms with van der Waals surface area (Å²) >= 11 is 0.